The summed E-state index contributed by atoms with van der Waals surface area (Å²) in [6.07, 6.45) is 1.16. The first-order valence-electron chi connectivity index (χ1n) is 11.4. The summed E-state index contributed by atoms with van der Waals surface area (Å²) in [5.41, 5.74) is 2.95. The molecule has 0 bridgehead atoms. The highest BCUT2D eigenvalue weighted by atomic mass is 16.4. The number of amides is 1. The fourth-order valence-electron chi connectivity index (χ4n) is 4.78. The number of carbonyl (C=O) groups is 2. The summed E-state index contributed by atoms with van der Waals surface area (Å²) in [6, 6.07) is 28.7. The Labute approximate surface area is 195 Å². The zero-order valence-corrected chi connectivity index (χ0v) is 18.9. The second kappa shape index (κ2) is 10.5. The van der Waals surface area contributed by atoms with E-state index in [1.165, 1.54) is 5.56 Å². The van der Waals surface area contributed by atoms with Crippen molar-refractivity contribution in [3.8, 4) is 0 Å². The Bertz CT molecular complexity index is 1020. The number of aliphatic carboxylic acids is 1. The van der Waals surface area contributed by atoms with Crippen molar-refractivity contribution in [1.82, 2.24) is 9.80 Å². The monoisotopic (exact) mass is 442 g/mol. The van der Waals surface area contributed by atoms with E-state index in [0.717, 1.165) is 24.1 Å². The molecule has 1 saturated heterocycles. The minimum atomic E-state index is -0.943. The van der Waals surface area contributed by atoms with E-state index in [4.69, 9.17) is 0 Å². The average molecular weight is 443 g/mol. The third-order valence-corrected chi connectivity index (χ3v) is 6.55. The van der Waals surface area contributed by atoms with Crippen molar-refractivity contribution < 1.29 is 14.7 Å². The van der Waals surface area contributed by atoms with Crippen molar-refractivity contribution in [2.45, 2.75) is 37.4 Å². The molecule has 0 spiro atoms. The van der Waals surface area contributed by atoms with Gasteiger partial charge in [0.25, 0.3) is 0 Å². The maximum Gasteiger partial charge on any atom is 0.326 e. The van der Waals surface area contributed by atoms with E-state index in [2.05, 4.69) is 17.0 Å². The highest BCUT2D eigenvalue weighted by Gasteiger charge is 2.40. The lowest BCUT2D eigenvalue weighted by Crippen LogP contribution is -2.55. The van der Waals surface area contributed by atoms with E-state index in [-0.39, 0.29) is 11.9 Å². The summed E-state index contributed by atoms with van der Waals surface area (Å²) in [7, 11) is 2.03. The molecule has 1 amide bonds. The average Bonchev–Trinajstić information content (AvgIpc) is 2.85. The highest BCUT2D eigenvalue weighted by molar-refractivity contribution is 5.91. The molecule has 1 heterocycles. The van der Waals surface area contributed by atoms with Crippen LogP contribution in [0, 0.1) is 0 Å². The minimum absolute atomic E-state index is 0.0993. The Kier molecular flexibility index (Phi) is 7.20. The lowest BCUT2D eigenvalue weighted by atomic mass is 9.87. The van der Waals surface area contributed by atoms with Gasteiger partial charge in [-0.05, 0) is 36.6 Å². The number of hydrogen-bond donors (Lipinski definition) is 1. The van der Waals surface area contributed by atoms with Crippen LogP contribution in [-0.2, 0) is 16.1 Å². The van der Waals surface area contributed by atoms with Gasteiger partial charge in [-0.15, -0.1) is 0 Å². The molecule has 1 aliphatic rings. The standard InChI is InChI=1S/C28H30N2O3/c1-29(20-21-11-5-2-6-12-21)24-17-18-30(25(19-24)28(32)33)27(31)26(22-13-7-3-8-14-22)23-15-9-4-10-16-23/h2-16,24-26H,17-20H2,1H3,(H,32,33)/t24-,25-/m0/s1. The molecule has 3 aromatic carbocycles. The zero-order chi connectivity index (χ0) is 23.2. The zero-order valence-electron chi connectivity index (χ0n) is 18.9. The fourth-order valence-corrected chi connectivity index (χ4v) is 4.78. The number of piperidine rings is 1. The minimum Gasteiger partial charge on any atom is -0.480 e. The molecule has 5 heteroatoms. The van der Waals surface area contributed by atoms with Crippen molar-refractivity contribution in [3.05, 3.63) is 108 Å². The van der Waals surface area contributed by atoms with E-state index < -0.39 is 17.9 Å². The first-order valence-corrected chi connectivity index (χ1v) is 11.4. The van der Waals surface area contributed by atoms with Gasteiger partial charge in [-0.3, -0.25) is 9.69 Å². The quantitative estimate of drug-likeness (QED) is 0.589. The van der Waals surface area contributed by atoms with Crippen LogP contribution in [0.25, 0.3) is 0 Å². The van der Waals surface area contributed by atoms with Crippen LogP contribution in [0.1, 0.15) is 35.4 Å². The Morgan fingerprint density at radius 2 is 1.42 bits per heavy atom. The molecule has 0 radical (unpaired) electrons. The van der Waals surface area contributed by atoms with Gasteiger partial charge in [0.05, 0.1) is 5.92 Å². The van der Waals surface area contributed by atoms with Gasteiger partial charge in [0, 0.05) is 19.1 Å². The predicted octanol–water partition coefficient (Wildman–Crippen LogP) is 4.39. The summed E-state index contributed by atoms with van der Waals surface area (Å²) in [5, 5.41) is 10.1. The van der Waals surface area contributed by atoms with Crippen LogP contribution in [0.2, 0.25) is 0 Å². The lowest BCUT2D eigenvalue weighted by Gasteiger charge is -2.42. The Morgan fingerprint density at radius 3 is 1.94 bits per heavy atom. The molecular formula is C28H30N2O3. The Hall–Kier alpha value is -3.44. The summed E-state index contributed by atoms with van der Waals surface area (Å²) < 4.78 is 0. The summed E-state index contributed by atoms with van der Waals surface area (Å²) in [6.45, 7) is 1.18. The number of likely N-dealkylation sites (tertiary alicyclic amines) is 1. The van der Waals surface area contributed by atoms with E-state index >= 15 is 0 Å². The van der Waals surface area contributed by atoms with Crippen LogP contribution in [0.3, 0.4) is 0 Å². The van der Waals surface area contributed by atoms with Crippen LogP contribution in [0.15, 0.2) is 91.0 Å². The topological polar surface area (TPSA) is 60.9 Å². The molecule has 4 rings (SSSR count). The first kappa shape index (κ1) is 22.7. The Balaban J connectivity index is 1.56. The molecule has 33 heavy (non-hydrogen) atoms. The number of carboxylic acids is 1. The number of carboxylic acid groups (broad SMARTS) is 1. The molecule has 0 unspecified atom stereocenters. The number of nitrogens with zero attached hydrogens (tertiary/aromatic N) is 2. The molecule has 0 aromatic heterocycles. The van der Waals surface area contributed by atoms with Crippen molar-refractivity contribution in [2.24, 2.45) is 0 Å². The molecule has 2 atom stereocenters. The highest BCUT2D eigenvalue weighted by Crippen LogP contribution is 2.31. The molecule has 0 aliphatic carbocycles. The molecular weight excluding hydrogens is 412 g/mol. The second-order valence-corrected chi connectivity index (χ2v) is 8.72. The largest absolute Gasteiger partial charge is 0.480 e. The maximum absolute atomic E-state index is 13.8. The van der Waals surface area contributed by atoms with Crippen molar-refractivity contribution in [1.29, 1.82) is 0 Å². The van der Waals surface area contributed by atoms with Crippen LogP contribution < -0.4 is 0 Å². The van der Waals surface area contributed by atoms with Gasteiger partial charge in [-0.1, -0.05) is 91.0 Å². The smallest absolute Gasteiger partial charge is 0.326 e. The van der Waals surface area contributed by atoms with Gasteiger partial charge < -0.3 is 10.0 Å². The number of hydrogen-bond acceptors (Lipinski definition) is 3. The summed E-state index contributed by atoms with van der Waals surface area (Å²) >= 11 is 0. The van der Waals surface area contributed by atoms with Gasteiger partial charge in [0.15, 0.2) is 0 Å². The summed E-state index contributed by atoms with van der Waals surface area (Å²) in [5.74, 6) is -1.61. The third-order valence-electron chi connectivity index (χ3n) is 6.55. The third kappa shape index (κ3) is 5.32. The van der Waals surface area contributed by atoms with Gasteiger partial charge in [0.1, 0.15) is 6.04 Å². The normalized spacial score (nSPS) is 18.5. The molecule has 170 valence electrons. The number of carbonyl (C=O) groups excluding carboxylic acids is 1. The van der Waals surface area contributed by atoms with Crippen LogP contribution in [0.5, 0.6) is 0 Å². The van der Waals surface area contributed by atoms with Gasteiger partial charge in [-0.25, -0.2) is 4.79 Å². The van der Waals surface area contributed by atoms with Gasteiger partial charge in [-0.2, -0.15) is 0 Å². The Morgan fingerprint density at radius 1 is 0.909 bits per heavy atom. The van der Waals surface area contributed by atoms with E-state index in [0.29, 0.717) is 13.0 Å². The van der Waals surface area contributed by atoms with Crippen molar-refractivity contribution in [2.75, 3.05) is 13.6 Å². The summed E-state index contributed by atoms with van der Waals surface area (Å²) in [4.78, 5) is 29.9. The molecule has 3 aromatic rings. The van der Waals surface area contributed by atoms with Gasteiger partial charge >= 0.3 is 5.97 Å². The van der Waals surface area contributed by atoms with Crippen molar-refractivity contribution >= 4 is 11.9 Å². The van der Waals surface area contributed by atoms with Crippen LogP contribution >= 0.6 is 0 Å². The van der Waals surface area contributed by atoms with E-state index in [9.17, 15) is 14.7 Å². The second-order valence-electron chi connectivity index (χ2n) is 8.72. The molecule has 1 aliphatic heterocycles. The van der Waals surface area contributed by atoms with E-state index in [1.54, 1.807) is 4.90 Å². The van der Waals surface area contributed by atoms with Crippen molar-refractivity contribution in [3.63, 3.8) is 0 Å². The lowest BCUT2D eigenvalue weighted by molar-refractivity contribution is -0.153. The first-order chi connectivity index (χ1) is 16.0. The SMILES string of the molecule is CN(Cc1ccccc1)[C@H]1CCN(C(=O)C(c2ccccc2)c2ccccc2)[C@H](C(=O)O)C1. The maximum atomic E-state index is 13.8. The van der Waals surface area contributed by atoms with E-state index in [1.807, 2.05) is 85.9 Å². The fraction of sp³-hybridized carbons (Fsp3) is 0.286. The number of benzene rings is 3. The molecule has 1 fully saturated rings. The van der Waals surface area contributed by atoms with Crippen LogP contribution in [0.4, 0.5) is 0 Å². The number of rotatable bonds is 7. The van der Waals surface area contributed by atoms with Crippen LogP contribution in [-0.4, -0.2) is 52.5 Å². The predicted molar refractivity (Wildman–Crippen MR) is 129 cm³/mol. The molecule has 5 nitrogen and oxygen atoms in total. The molecule has 0 saturated carbocycles. The van der Waals surface area contributed by atoms with Gasteiger partial charge in [0.2, 0.25) is 5.91 Å². The molecule has 1 N–H and O–H groups in total.